The van der Waals surface area contributed by atoms with E-state index in [0.717, 1.165) is 89.0 Å². The fourth-order valence-corrected chi connectivity index (χ4v) is 11.6. The number of rotatable bonds is 8. The number of fused-ring (bicyclic) bond motifs is 13. The molecule has 5 heterocycles. The average molecular weight is 1140 g/mol. The number of pyridine rings is 1. The number of benzene rings is 10. The van der Waals surface area contributed by atoms with E-state index >= 15 is 0 Å². The smallest absolute Gasteiger partial charge is 0.268 e. The van der Waals surface area contributed by atoms with Crippen LogP contribution >= 0.6 is 0 Å². The molecule has 0 fully saturated rings. The molecule has 0 amide bonds. The number of para-hydroxylation sites is 6. The van der Waals surface area contributed by atoms with Crippen LogP contribution < -0.4 is 9.30 Å². The van der Waals surface area contributed by atoms with Crippen LogP contribution in [0.15, 0.2) is 237 Å². The van der Waals surface area contributed by atoms with Gasteiger partial charge in [0.15, 0.2) is 0 Å². The number of hydrogen-bond donors (Lipinski definition) is 0. The first-order chi connectivity index (χ1) is 36.7. The minimum absolute atomic E-state index is 0. The SMILES string of the molecule is Cn1c2ccccc2c2c3c4ccc(Oc5[c-]c(-[n+]6[c-]n(-c7c(-c8ccccc8)cccc7-c7ccccc7)c7ccccc76)ccc5)[c-]c4n(-c4ccccn4)c3c3c(c4ccccc4n3-c3ccccc3)c21.[Pt]. The van der Waals surface area contributed by atoms with Crippen molar-refractivity contribution in [1.29, 1.82) is 0 Å². The Morgan fingerprint density at radius 3 is 1.76 bits per heavy atom. The summed E-state index contributed by atoms with van der Waals surface area (Å²) < 4.78 is 18.3. The molecule has 8 heteroatoms. The third kappa shape index (κ3) is 6.85. The molecule has 0 aliphatic carbocycles. The van der Waals surface area contributed by atoms with Gasteiger partial charge in [0, 0.05) is 78.6 Å². The van der Waals surface area contributed by atoms with Crippen molar-refractivity contribution in [2.75, 3.05) is 0 Å². The van der Waals surface area contributed by atoms with Gasteiger partial charge in [-0.3, -0.25) is 4.57 Å². The Balaban J connectivity index is 0.00000516. The van der Waals surface area contributed by atoms with Crippen molar-refractivity contribution in [2.24, 2.45) is 7.05 Å². The molecule has 0 saturated heterocycles. The van der Waals surface area contributed by atoms with Crippen LogP contribution in [0.2, 0.25) is 0 Å². The van der Waals surface area contributed by atoms with E-state index in [4.69, 9.17) is 9.72 Å². The maximum absolute atomic E-state index is 6.90. The van der Waals surface area contributed by atoms with Crippen LogP contribution in [0.25, 0.3) is 122 Å². The van der Waals surface area contributed by atoms with Crippen molar-refractivity contribution < 1.29 is 30.4 Å². The molecule has 0 spiro atoms. The van der Waals surface area contributed by atoms with Crippen molar-refractivity contribution in [1.82, 2.24) is 23.3 Å². The van der Waals surface area contributed by atoms with E-state index in [1.807, 2.05) is 30.5 Å². The molecule has 0 bridgehead atoms. The van der Waals surface area contributed by atoms with E-state index in [2.05, 4.69) is 255 Å². The third-order valence-electron chi connectivity index (χ3n) is 14.6. The van der Waals surface area contributed by atoms with E-state index in [1.54, 1.807) is 0 Å². The van der Waals surface area contributed by atoms with Gasteiger partial charge in [-0.2, -0.15) is 18.2 Å². The maximum atomic E-state index is 6.90. The van der Waals surface area contributed by atoms with Crippen LogP contribution in [0.1, 0.15) is 0 Å². The van der Waals surface area contributed by atoms with Crippen molar-refractivity contribution >= 4 is 76.5 Å². The molecule has 0 radical (unpaired) electrons. The zero-order chi connectivity index (χ0) is 48.9. The van der Waals surface area contributed by atoms with Gasteiger partial charge in [-0.05, 0) is 69.7 Å². The van der Waals surface area contributed by atoms with E-state index < -0.39 is 0 Å². The van der Waals surface area contributed by atoms with Crippen molar-refractivity contribution in [3.05, 3.63) is 255 Å². The van der Waals surface area contributed by atoms with Crippen LogP contribution in [0, 0.1) is 18.5 Å². The Morgan fingerprint density at radius 1 is 0.453 bits per heavy atom. The number of hydrogen-bond acceptors (Lipinski definition) is 2. The first-order valence-corrected chi connectivity index (χ1v) is 24.9. The molecule has 75 heavy (non-hydrogen) atoms. The Kier molecular flexibility index (Phi) is 10.5. The fraction of sp³-hybridized carbons (Fsp3) is 0.0149. The van der Waals surface area contributed by atoms with Crippen molar-refractivity contribution in [3.8, 4) is 56.6 Å². The molecular weight excluding hydrogens is 1100 g/mol. The number of nitrogens with zero attached hydrogens (tertiary/aromatic N) is 6. The molecule has 0 aliphatic rings. The van der Waals surface area contributed by atoms with Crippen LogP contribution in [-0.4, -0.2) is 23.3 Å². The summed E-state index contributed by atoms with van der Waals surface area (Å²) in [7, 11) is 2.20. The Labute approximate surface area is 446 Å². The number of aryl methyl sites for hydroxylation is 1. The van der Waals surface area contributed by atoms with Gasteiger partial charge in [0.1, 0.15) is 5.82 Å². The summed E-state index contributed by atoms with van der Waals surface area (Å²) >= 11 is 0. The largest absolute Gasteiger partial charge is 0.510 e. The van der Waals surface area contributed by atoms with Crippen LogP contribution in [0.5, 0.6) is 11.5 Å². The molecule has 0 unspecified atom stereocenters. The first-order valence-electron chi connectivity index (χ1n) is 24.9. The predicted molar refractivity (Wildman–Crippen MR) is 299 cm³/mol. The number of imidazole rings is 1. The third-order valence-corrected chi connectivity index (χ3v) is 14.6. The monoisotopic (exact) mass is 1140 g/mol. The molecule has 0 saturated carbocycles. The second-order valence-corrected chi connectivity index (χ2v) is 18.7. The summed E-state index contributed by atoms with van der Waals surface area (Å²) in [5, 5.41) is 6.93. The molecule has 5 aromatic heterocycles. The summed E-state index contributed by atoms with van der Waals surface area (Å²) in [5.74, 6) is 1.89. The summed E-state index contributed by atoms with van der Waals surface area (Å²) in [6.07, 6.45) is 5.66. The number of aromatic nitrogens is 6. The van der Waals surface area contributed by atoms with Gasteiger partial charge < -0.3 is 23.0 Å². The summed E-state index contributed by atoms with van der Waals surface area (Å²) in [6, 6.07) is 88.2. The molecule has 10 aromatic carbocycles. The Morgan fingerprint density at radius 2 is 1.04 bits per heavy atom. The molecule has 358 valence electrons. The second-order valence-electron chi connectivity index (χ2n) is 18.7. The maximum Gasteiger partial charge on any atom is 0.268 e. The van der Waals surface area contributed by atoms with Gasteiger partial charge >= 0.3 is 0 Å². The van der Waals surface area contributed by atoms with Crippen molar-refractivity contribution in [3.63, 3.8) is 0 Å². The topological polar surface area (TPSA) is 45.7 Å². The van der Waals surface area contributed by atoms with Crippen LogP contribution in [0.4, 0.5) is 0 Å². The van der Waals surface area contributed by atoms with Gasteiger partial charge in [0.2, 0.25) is 0 Å². The molecule has 15 rings (SSSR count). The molecule has 15 aromatic rings. The standard InChI is InChI=1S/C67H42N6O.Pt/c1-69-55-33-13-11-29-52(55)61-62-54-39-38-49(42-59(54)73(60-37-17-18-40-68-60)66(62)67-63(65(61)69)53-30-12-14-34-56(53)72(67)46-25-9-4-10-26-46)74-48-28-19-27-47(41-48)70-43-71(58-36-16-15-35-57(58)70)64-50(44-21-5-2-6-22-44)31-20-32-51(64)45-23-7-3-8-24-45;/h2-40H,1H3;/q-2;. The summed E-state index contributed by atoms with van der Waals surface area (Å²) in [5.41, 5.74) is 15.8. The minimum Gasteiger partial charge on any atom is -0.510 e. The van der Waals surface area contributed by atoms with Crippen molar-refractivity contribution in [2.45, 2.75) is 0 Å². The van der Waals surface area contributed by atoms with E-state index in [0.29, 0.717) is 11.5 Å². The molecule has 7 nitrogen and oxygen atoms in total. The minimum atomic E-state index is 0. The molecular formula is C67H42N6OPt-2. The van der Waals surface area contributed by atoms with Gasteiger partial charge in [-0.1, -0.05) is 169 Å². The Bertz CT molecular complexity index is 4630. The normalized spacial score (nSPS) is 11.7. The zero-order valence-corrected chi connectivity index (χ0v) is 42.7. The molecule has 0 N–H and O–H groups in total. The number of ether oxygens (including phenoxy) is 1. The quantitative estimate of drug-likeness (QED) is 0.112. The van der Waals surface area contributed by atoms with Gasteiger partial charge in [0.05, 0.1) is 38.8 Å². The second kappa shape index (κ2) is 17.7. The van der Waals surface area contributed by atoms with Gasteiger partial charge in [0.25, 0.3) is 6.33 Å². The molecule has 0 aliphatic heterocycles. The first kappa shape index (κ1) is 44.4. The van der Waals surface area contributed by atoms with Crippen LogP contribution in [-0.2, 0) is 28.1 Å². The van der Waals surface area contributed by atoms with Gasteiger partial charge in [-0.15, -0.1) is 29.7 Å². The van der Waals surface area contributed by atoms with E-state index in [9.17, 15) is 0 Å². The van der Waals surface area contributed by atoms with Crippen LogP contribution in [0.3, 0.4) is 0 Å². The van der Waals surface area contributed by atoms with E-state index in [1.165, 1.54) is 32.6 Å². The van der Waals surface area contributed by atoms with Gasteiger partial charge in [-0.25, -0.2) is 4.98 Å². The Hall–Kier alpha value is -9.29. The summed E-state index contributed by atoms with van der Waals surface area (Å²) in [6.45, 7) is 0. The molecule has 0 atom stereocenters. The van der Waals surface area contributed by atoms with E-state index in [-0.39, 0.29) is 21.1 Å². The zero-order valence-electron chi connectivity index (χ0n) is 40.4. The fourth-order valence-electron chi connectivity index (χ4n) is 11.6. The average Bonchev–Trinajstić information content (AvgIpc) is 4.40. The summed E-state index contributed by atoms with van der Waals surface area (Å²) in [4.78, 5) is 5.06. The predicted octanol–water partition coefficient (Wildman–Crippen LogP) is 15.7.